The quantitative estimate of drug-likeness (QED) is 0.348. The van der Waals surface area contributed by atoms with Crippen molar-refractivity contribution in [3.8, 4) is 0 Å². The first-order valence-corrected chi connectivity index (χ1v) is 5.07. The summed E-state index contributed by atoms with van der Waals surface area (Å²) in [6.07, 6.45) is -5.86. The van der Waals surface area contributed by atoms with E-state index in [4.69, 9.17) is 21.4 Å². The average Bonchev–Trinajstić information content (AvgIpc) is 2.17. The maximum atomic E-state index is 10.8. The molecule has 1 rings (SSSR count). The average molecular weight is 256 g/mol. The molecule has 0 spiro atoms. The van der Waals surface area contributed by atoms with Crippen molar-refractivity contribution in [2.75, 3.05) is 0 Å². The molecule has 1 saturated heterocycles. The van der Waals surface area contributed by atoms with Gasteiger partial charge in [0.25, 0.3) is 0 Å². The Morgan fingerprint density at radius 1 is 1.38 bits per heavy atom. The Bertz CT molecular complexity index is 263. The lowest BCUT2D eigenvalue weighted by Gasteiger charge is -2.41. The highest BCUT2D eigenvalue weighted by molar-refractivity contribution is 6.19. The number of halogens is 1. The molecule has 1 aliphatic heterocycles. The van der Waals surface area contributed by atoms with Crippen LogP contribution in [-0.4, -0.2) is 62.5 Å². The van der Waals surface area contributed by atoms with Crippen molar-refractivity contribution in [1.29, 1.82) is 0 Å². The normalized spacial score (nSPS) is 41.5. The van der Waals surface area contributed by atoms with Gasteiger partial charge in [-0.1, -0.05) is 11.6 Å². The molecular weight excluding hydrogens is 242 g/mol. The number of hydrogen-bond acceptors (Lipinski definition) is 6. The number of carbonyl (C=O) groups is 1. The van der Waals surface area contributed by atoms with E-state index in [1.165, 1.54) is 6.92 Å². The maximum absolute atomic E-state index is 10.8. The summed E-state index contributed by atoms with van der Waals surface area (Å²) < 4.78 is 4.79. The van der Waals surface area contributed by atoms with Gasteiger partial charge in [0.2, 0.25) is 5.91 Å². The standard InChI is InChI=1S/C8H14ClNO6/c1-2(11)10-3-4(12)5(13)6(7(9)14)16-8(3)15/h3-8,12-15H,1H3,(H,10,11)/t3-,4-,5+,6+,7?,8?/m1/s1. The predicted octanol–water partition coefficient (Wildman–Crippen LogP) is -2.51. The molecule has 0 bridgehead atoms. The topological polar surface area (TPSA) is 119 Å². The van der Waals surface area contributed by atoms with Gasteiger partial charge in [0, 0.05) is 6.92 Å². The number of carbonyl (C=O) groups excluding carboxylic acids is 1. The zero-order valence-electron chi connectivity index (χ0n) is 8.45. The van der Waals surface area contributed by atoms with Crippen LogP contribution < -0.4 is 5.32 Å². The molecule has 1 amide bonds. The molecule has 0 aliphatic carbocycles. The number of nitrogens with one attached hydrogen (secondary N) is 1. The lowest BCUT2D eigenvalue weighted by molar-refractivity contribution is -0.258. The SMILES string of the molecule is CC(=O)N[C@H]1C(O)O[C@H](C(O)Cl)[C@@H](O)[C@@H]1O. The van der Waals surface area contributed by atoms with E-state index in [1.807, 2.05) is 0 Å². The number of hydrogen-bond donors (Lipinski definition) is 5. The summed E-state index contributed by atoms with van der Waals surface area (Å²) in [7, 11) is 0. The second kappa shape index (κ2) is 5.26. The minimum absolute atomic E-state index is 0.497. The molecule has 1 fully saturated rings. The highest BCUT2D eigenvalue weighted by Gasteiger charge is 2.46. The van der Waals surface area contributed by atoms with E-state index in [9.17, 15) is 20.1 Å². The lowest BCUT2D eigenvalue weighted by Crippen LogP contribution is -2.64. The molecule has 1 aliphatic rings. The van der Waals surface area contributed by atoms with Crippen LogP contribution in [0.3, 0.4) is 0 Å². The Hall–Kier alpha value is -0.440. The van der Waals surface area contributed by atoms with E-state index >= 15 is 0 Å². The van der Waals surface area contributed by atoms with Gasteiger partial charge in [-0.25, -0.2) is 0 Å². The van der Waals surface area contributed by atoms with Crippen LogP contribution in [0.1, 0.15) is 6.92 Å². The zero-order chi connectivity index (χ0) is 12.5. The van der Waals surface area contributed by atoms with Crippen LogP contribution in [0.5, 0.6) is 0 Å². The largest absolute Gasteiger partial charge is 0.388 e. The summed E-state index contributed by atoms with van der Waals surface area (Å²) in [4.78, 5) is 10.8. The monoisotopic (exact) mass is 255 g/mol. The van der Waals surface area contributed by atoms with E-state index < -0.39 is 42.1 Å². The summed E-state index contributed by atoms with van der Waals surface area (Å²) >= 11 is 5.30. The van der Waals surface area contributed by atoms with Crippen LogP contribution in [0.4, 0.5) is 0 Å². The summed E-state index contributed by atoms with van der Waals surface area (Å²) in [5.41, 5.74) is -1.57. The molecule has 0 aromatic carbocycles. The molecule has 0 radical (unpaired) electrons. The van der Waals surface area contributed by atoms with E-state index in [-0.39, 0.29) is 0 Å². The van der Waals surface area contributed by atoms with Crippen LogP contribution >= 0.6 is 11.6 Å². The van der Waals surface area contributed by atoms with Crippen molar-refractivity contribution >= 4 is 17.5 Å². The maximum Gasteiger partial charge on any atom is 0.217 e. The Morgan fingerprint density at radius 2 is 1.94 bits per heavy atom. The van der Waals surface area contributed by atoms with Crippen LogP contribution in [0.15, 0.2) is 0 Å². The van der Waals surface area contributed by atoms with Crippen LogP contribution in [-0.2, 0) is 9.53 Å². The minimum atomic E-state index is -1.57. The van der Waals surface area contributed by atoms with Crippen molar-refractivity contribution in [2.45, 2.75) is 43.1 Å². The zero-order valence-corrected chi connectivity index (χ0v) is 9.20. The van der Waals surface area contributed by atoms with Crippen LogP contribution in [0.2, 0.25) is 0 Å². The summed E-state index contributed by atoms with van der Waals surface area (Å²) in [6.45, 7) is 1.19. The van der Waals surface area contributed by atoms with Gasteiger partial charge in [0.05, 0.1) is 0 Å². The fraction of sp³-hybridized carbons (Fsp3) is 0.875. The number of aliphatic hydroxyl groups excluding tert-OH is 4. The Labute approximate surface area is 96.6 Å². The van der Waals surface area contributed by atoms with Gasteiger partial charge in [-0.2, -0.15) is 0 Å². The molecule has 5 N–H and O–H groups in total. The van der Waals surface area contributed by atoms with Gasteiger partial charge in [0.15, 0.2) is 11.9 Å². The Kier molecular flexibility index (Phi) is 4.48. The first-order chi connectivity index (χ1) is 7.34. The second-order valence-corrected chi connectivity index (χ2v) is 4.02. The molecule has 1 heterocycles. The number of ether oxygens (including phenoxy) is 1. The first kappa shape index (κ1) is 13.6. The van der Waals surface area contributed by atoms with Crippen molar-refractivity contribution in [2.24, 2.45) is 0 Å². The number of alkyl halides is 1. The fourth-order valence-electron chi connectivity index (χ4n) is 1.52. The molecule has 8 heteroatoms. The molecule has 94 valence electrons. The minimum Gasteiger partial charge on any atom is -0.388 e. The second-order valence-electron chi connectivity index (χ2n) is 3.57. The molecule has 0 aromatic heterocycles. The Balaban J connectivity index is 2.75. The van der Waals surface area contributed by atoms with Gasteiger partial charge >= 0.3 is 0 Å². The number of rotatable bonds is 2. The molecular formula is C8H14ClNO6. The van der Waals surface area contributed by atoms with E-state index in [2.05, 4.69) is 5.32 Å². The smallest absolute Gasteiger partial charge is 0.217 e. The van der Waals surface area contributed by atoms with Crippen LogP contribution in [0, 0.1) is 0 Å². The molecule has 0 saturated carbocycles. The summed E-state index contributed by atoms with van der Waals surface area (Å²) in [6, 6.07) is -1.17. The molecule has 6 atom stereocenters. The van der Waals surface area contributed by atoms with Crippen molar-refractivity contribution in [3.63, 3.8) is 0 Å². The van der Waals surface area contributed by atoms with Gasteiger partial charge in [-0.3, -0.25) is 4.79 Å². The van der Waals surface area contributed by atoms with Gasteiger partial charge < -0.3 is 30.5 Å². The first-order valence-electron chi connectivity index (χ1n) is 4.63. The van der Waals surface area contributed by atoms with E-state index in [1.54, 1.807) is 0 Å². The van der Waals surface area contributed by atoms with Crippen molar-refractivity contribution < 1.29 is 30.0 Å². The highest BCUT2D eigenvalue weighted by atomic mass is 35.5. The summed E-state index contributed by atoms with van der Waals surface area (Å²) in [5, 5.41) is 39.8. The van der Waals surface area contributed by atoms with Gasteiger partial charge in [-0.05, 0) is 0 Å². The third-order valence-electron chi connectivity index (χ3n) is 2.30. The highest BCUT2D eigenvalue weighted by Crippen LogP contribution is 2.23. The fourth-order valence-corrected chi connectivity index (χ4v) is 1.73. The number of amides is 1. The van der Waals surface area contributed by atoms with Crippen molar-refractivity contribution in [3.05, 3.63) is 0 Å². The predicted molar refractivity (Wildman–Crippen MR) is 52.4 cm³/mol. The Morgan fingerprint density at radius 3 is 2.38 bits per heavy atom. The lowest BCUT2D eigenvalue weighted by atomic mass is 9.97. The van der Waals surface area contributed by atoms with Gasteiger partial charge in [-0.15, -0.1) is 0 Å². The van der Waals surface area contributed by atoms with Crippen molar-refractivity contribution in [1.82, 2.24) is 5.32 Å². The van der Waals surface area contributed by atoms with Crippen LogP contribution in [0.25, 0.3) is 0 Å². The molecule has 16 heavy (non-hydrogen) atoms. The van der Waals surface area contributed by atoms with Gasteiger partial charge in [0.1, 0.15) is 24.4 Å². The molecule has 2 unspecified atom stereocenters. The van der Waals surface area contributed by atoms with E-state index in [0.29, 0.717) is 0 Å². The third kappa shape index (κ3) is 2.82. The van der Waals surface area contributed by atoms with E-state index in [0.717, 1.165) is 0 Å². The summed E-state index contributed by atoms with van der Waals surface area (Å²) in [5.74, 6) is -0.497. The molecule has 7 nitrogen and oxygen atoms in total. The molecule has 0 aromatic rings. The third-order valence-corrected chi connectivity index (χ3v) is 2.55. The number of aliphatic hydroxyl groups is 4.